The molecule has 1 N–H and O–H groups in total. The minimum Gasteiger partial charge on any atom is -0.365 e. The second kappa shape index (κ2) is 6.67. The molecule has 3 fully saturated rings. The number of nitrogens with zero attached hydrogens (tertiary/aromatic N) is 3. The summed E-state index contributed by atoms with van der Waals surface area (Å²) in [6.45, 7) is 0.897. The van der Waals surface area contributed by atoms with Crippen LogP contribution in [0.15, 0.2) is 18.5 Å². The van der Waals surface area contributed by atoms with E-state index in [0.29, 0.717) is 11.6 Å². The number of hydrogen-bond donors (Lipinski definition) is 1. The van der Waals surface area contributed by atoms with Crippen molar-refractivity contribution in [2.45, 2.75) is 69.4 Å². The molecule has 2 unspecified atom stereocenters. The second-order valence-electron chi connectivity index (χ2n) is 7.84. The molecule has 0 aromatic carbocycles. The maximum absolute atomic E-state index is 12.9. The van der Waals surface area contributed by atoms with Gasteiger partial charge in [-0.1, -0.05) is 19.3 Å². The van der Waals surface area contributed by atoms with E-state index in [9.17, 15) is 10.1 Å². The quantitative estimate of drug-likeness (QED) is 0.919. The van der Waals surface area contributed by atoms with Crippen LogP contribution < -0.4 is 10.2 Å². The molecule has 0 spiro atoms. The highest BCUT2D eigenvalue weighted by Crippen LogP contribution is 2.44. The van der Waals surface area contributed by atoms with E-state index < -0.39 is 0 Å². The Labute approximate surface area is 149 Å². The highest BCUT2D eigenvalue weighted by molar-refractivity contribution is 5.80. The Morgan fingerprint density at radius 3 is 2.88 bits per heavy atom. The average molecular weight is 338 g/mol. The first-order chi connectivity index (χ1) is 12.2. The summed E-state index contributed by atoms with van der Waals surface area (Å²) >= 11 is 0. The van der Waals surface area contributed by atoms with Crippen LogP contribution in [0.1, 0.15) is 63.4 Å². The van der Waals surface area contributed by atoms with Gasteiger partial charge >= 0.3 is 0 Å². The molecule has 132 valence electrons. The molecule has 5 heteroatoms. The number of amides is 1. The van der Waals surface area contributed by atoms with Gasteiger partial charge in [0.1, 0.15) is 6.07 Å². The van der Waals surface area contributed by atoms with Crippen LogP contribution in [0.4, 0.5) is 5.69 Å². The summed E-state index contributed by atoms with van der Waals surface area (Å²) < 4.78 is 0. The van der Waals surface area contributed by atoms with Crippen molar-refractivity contribution < 1.29 is 4.79 Å². The fourth-order valence-electron chi connectivity index (χ4n) is 5.21. The number of pyridine rings is 1. The summed E-state index contributed by atoms with van der Waals surface area (Å²) in [6, 6.07) is 4.51. The number of nitrogens with one attached hydrogen (secondary N) is 1. The third kappa shape index (κ3) is 2.88. The molecule has 1 amide bonds. The number of carbonyl (C=O) groups excluding carboxylic acids is 1. The van der Waals surface area contributed by atoms with Gasteiger partial charge in [-0.3, -0.25) is 9.78 Å². The number of fused-ring (bicyclic) bond motifs is 1. The molecule has 1 aromatic rings. The lowest BCUT2D eigenvalue weighted by molar-refractivity contribution is -0.127. The summed E-state index contributed by atoms with van der Waals surface area (Å²) in [7, 11) is 0. The van der Waals surface area contributed by atoms with Gasteiger partial charge in [-0.15, -0.1) is 0 Å². The zero-order valence-corrected chi connectivity index (χ0v) is 14.7. The molecular weight excluding hydrogens is 312 g/mol. The highest BCUT2D eigenvalue weighted by Gasteiger charge is 2.52. The van der Waals surface area contributed by atoms with Crippen LogP contribution in [0.5, 0.6) is 0 Å². The monoisotopic (exact) mass is 338 g/mol. The fraction of sp³-hybridized carbons (Fsp3) is 0.650. The number of carbonyl (C=O) groups is 1. The average Bonchev–Trinajstić information content (AvgIpc) is 3.21. The molecule has 25 heavy (non-hydrogen) atoms. The SMILES string of the molecule is N#Cc1cnccc1N1CCC2(NC(=O)C3CCCCC3)CCCC12. The molecule has 3 aliphatic rings. The zero-order valence-electron chi connectivity index (χ0n) is 14.7. The summed E-state index contributed by atoms with van der Waals surface area (Å²) in [6.07, 6.45) is 13.4. The molecule has 2 saturated carbocycles. The van der Waals surface area contributed by atoms with E-state index in [0.717, 1.165) is 50.8 Å². The summed E-state index contributed by atoms with van der Waals surface area (Å²) in [5, 5.41) is 12.9. The van der Waals surface area contributed by atoms with Crippen molar-refractivity contribution >= 4 is 11.6 Å². The molecule has 2 aliphatic carbocycles. The number of rotatable bonds is 3. The minimum absolute atomic E-state index is 0.107. The molecular formula is C20H26N4O. The molecule has 1 aromatic heterocycles. The van der Waals surface area contributed by atoms with Crippen molar-refractivity contribution in [3.8, 4) is 6.07 Å². The Morgan fingerprint density at radius 1 is 1.24 bits per heavy atom. The van der Waals surface area contributed by atoms with Gasteiger partial charge < -0.3 is 10.2 Å². The molecule has 0 radical (unpaired) electrons. The maximum Gasteiger partial charge on any atom is 0.223 e. The Morgan fingerprint density at radius 2 is 2.08 bits per heavy atom. The Kier molecular flexibility index (Phi) is 4.37. The van der Waals surface area contributed by atoms with E-state index >= 15 is 0 Å². The molecule has 4 rings (SSSR count). The zero-order chi connectivity index (χ0) is 17.3. The lowest BCUT2D eigenvalue weighted by Crippen LogP contribution is -2.55. The molecule has 0 bridgehead atoms. The lowest BCUT2D eigenvalue weighted by atomic mass is 9.86. The topological polar surface area (TPSA) is 69.0 Å². The van der Waals surface area contributed by atoms with Gasteiger partial charge in [0.25, 0.3) is 0 Å². The summed E-state index contributed by atoms with van der Waals surface area (Å²) in [4.78, 5) is 19.3. The van der Waals surface area contributed by atoms with Gasteiger partial charge in [-0.05, 0) is 44.6 Å². The van der Waals surface area contributed by atoms with E-state index in [1.807, 2.05) is 6.07 Å². The normalized spacial score (nSPS) is 29.2. The van der Waals surface area contributed by atoms with E-state index in [4.69, 9.17) is 0 Å². The molecule has 1 aliphatic heterocycles. The first-order valence-electron chi connectivity index (χ1n) is 9.66. The smallest absolute Gasteiger partial charge is 0.223 e. The summed E-state index contributed by atoms with van der Waals surface area (Å²) in [5.74, 6) is 0.470. The Bertz CT molecular complexity index is 691. The van der Waals surface area contributed by atoms with Crippen molar-refractivity contribution in [1.29, 1.82) is 5.26 Å². The van der Waals surface area contributed by atoms with Gasteiger partial charge in [-0.25, -0.2) is 0 Å². The van der Waals surface area contributed by atoms with Crippen LogP contribution in [-0.2, 0) is 4.79 Å². The van der Waals surface area contributed by atoms with Gasteiger partial charge in [-0.2, -0.15) is 5.26 Å². The highest BCUT2D eigenvalue weighted by atomic mass is 16.2. The van der Waals surface area contributed by atoms with Crippen LogP contribution in [0, 0.1) is 17.2 Å². The number of aromatic nitrogens is 1. The first kappa shape index (κ1) is 16.4. The molecule has 2 heterocycles. The van der Waals surface area contributed by atoms with Gasteiger partial charge in [0, 0.05) is 24.9 Å². The summed E-state index contributed by atoms with van der Waals surface area (Å²) in [5.41, 5.74) is 1.49. The van der Waals surface area contributed by atoms with Gasteiger partial charge in [0.05, 0.1) is 22.8 Å². The molecule has 2 atom stereocenters. The standard InChI is InChI=1S/C20H26N4O/c21-13-16-14-22-11-8-17(16)24-12-10-20(9-4-7-18(20)24)23-19(25)15-5-2-1-3-6-15/h8,11,14-15,18H,1-7,9-10,12H2,(H,23,25). The van der Waals surface area contributed by atoms with Crippen LogP contribution in [-0.4, -0.2) is 29.0 Å². The van der Waals surface area contributed by atoms with Crippen LogP contribution >= 0.6 is 0 Å². The Hall–Kier alpha value is -2.09. The van der Waals surface area contributed by atoms with Crippen LogP contribution in [0.3, 0.4) is 0 Å². The van der Waals surface area contributed by atoms with Crippen molar-refractivity contribution in [3.63, 3.8) is 0 Å². The van der Waals surface area contributed by atoms with E-state index in [1.54, 1.807) is 12.4 Å². The van der Waals surface area contributed by atoms with E-state index in [2.05, 4.69) is 21.3 Å². The van der Waals surface area contributed by atoms with Gasteiger partial charge in [0.15, 0.2) is 0 Å². The Balaban J connectivity index is 1.54. The third-order valence-electron chi connectivity index (χ3n) is 6.49. The predicted molar refractivity (Wildman–Crippen MR) is 96.0 cm³/mol. The number of anilines is 1. The lowest BCUT2D eigenvalue weighted by Gasteiger charge is -2.36. The first-order valence-corrected chi connectivity index (χ1v) is 9.66. The van der Waals surface area contributed by atoms with Crippen molar-refractivity contribution in [2.75, 3.05) is 11.4 Å². The minimum atomic E-state index is -0.107. The fourth-order valence-corrected chi connectivity index (χ4v) is 5.21. The molecule has 1 saturated heterocycles. The third-order valence-corrected chi connectivity index (χ3v) is 6.49. The van der Waals surface area contributed by atoms with Crippen molar-refractivity contribution in [1.82, 2.24) is 10.3 Å². The largest absolute Gasteiger partial charge is 0.365 e. The van der Waals surface area contributed by atoms with E-state index in [1.165, 1.54) is 19.3 Å². The number of nitriles is 1. The van der Waals surface area contributed by atoms with Crippen molar-refractivity contribution in [3.05, 3.63) is 24.0 Å². The number of hydrogen-bond acceptors (Lipinski definition) is 4. The maximum atomic E-state index is 12.9. The van der Waals surface area contributed by atoms with Crippen LogP contribution in [0.25, 0.3) is 0 Å². The molecule has 5 nitrogen and oxygen atoms in total. The van der Waals surface area contributed by atoms with Crippen molar-refractivity contribution in [2.24, 2.45) is 5.92 Å². The predicted octanol–water partition coefficient (Wildman–Crippen LogP) is 3.15. The van der Waals surface area contributed by atoms with E-state index in [-0.39, 0.29) is 17.4 Å². The van der Waals surface area contributed by atoms with Crippen LogP contribution in [0.2, 0.25) is 0 Å². The van der Waals surface area contributed by atoms with Gasteiger partial charge in [0.2, 0.25) is 5.91 Å². The second-order valence-corrected chi connectivity index (χ2v) is 7.84.